The summed E-state index contributed by atoms with van der Waals surface area (Å²) < 4.78 is 2.19. The summed E-state index contributed by atoms with van der Waals surface area (Å²) in [5.74, 6) is 0. The first-order valence-corrected chi connectivity index (χ1v) is 10.3. The highest BCUT2D eigenvalue weighted by atomic mass is 32.1. The molecule has 2 atom stereocenters. The quantitative estimate of drug-likeness (QED) is 0.491. The second kappa shape index (κ2) is 7.72. The Labute approximate surface area is 181 Å². The van der Waals surface area contributed by atoms with Crippen molar-refractivity contribution in [2.75, 3.05) is 4.90 Å². The lowest BCUT2D eigenvalue weighted by Gasteiger charge is -2.29. The lowest BCUT2D eigenvalue weighted by atomic mass is 10.0. The van der Waals surface area contributed by atoms with E-state index in [1.807, 2.05) is 48.9 Å². The maximum atomic E-state index is 5.81. The van der Waals surface area contributed by atoms with Crippen LogP contribution in [0.3, 0.4) is 0 Å². The van der Waals surface area contributed by atoms with Crippen molar-refractivity contribution >= 4 is 23.0 Å². The van der Waals surface area contributed by atoms with Crippen molar-refractivity contribution in [1.82, 2.24) is 19.9 Å². The molecular formula is C24H21N5S. The van der Waals surface area contributed by atoms with Gasteiger partial charge < -0.3 is 14.8 Å². The highest BCUT2D eigenvalue weighted by Gasteiger charge is 2.42. The minimum atomic E-state index is -0.0736. The maximum absolute atomic E-state index is 5.81. The number of aromatic nitrogens is 3. The summed E-state index contributed by atoms with van der Waals surface area (Å²) in [6.07, 6.45) is 7.53. The van der Waals surface area contributed by atoms with E-state index in [9.17, 15) is 0 Å². The zero-order chi connectivity index (χ0) is 20.5. The van der Waals surface area contributed by atoms with Gasteiger partial charge in [0.05, 0.1) is 11.7 Å². The Morgan fingerprint density at radius 3 is 2.40 bits per heavy atom. The zero-order valence-electron chi connectivity index (χ0n) is 16.5. The zero-order valence-corrected chi connectivity index (χ0v) is 17.3. The topological polar surface area (TPSA) is 46.0 Å². The third-order valence-electron chi connectivity index (χ3n) is 5.43. The molecule has 4 aromatic rings. The number of anilines is 1. The average molecular weight is 412 g/mol. The molecule has 3 aromatic heterocycles. The maximum Gasteiger partial charge on any atom is 0.174 e. The molecule has 1 saturated heterocycles. The van der Waals surface area contributed by atoms with Crippen LogP contribution in [0.2, 0.25) is 0 Å². The molecule has 5 nitrogen and oxygen atoms in total. The fourth-order valence-electron chi connectivity index (χ4n) is 4.01. The Hall–Kier alpha value is -3.51. The van der Waals surface area contributed by atoms with Gasteiger partial charge in [-0.3, -0.25) is 9.97 Å². The molecule has 1 fully saturated rings. The Balaban J connectivity index is 1.67. The lowest BCUT2D eigenvalue weighted by molar-refractivity contribution is 0.549. The number of aryl methyl sites for hydroxylation is 1. The highest BCUT2D eigenvalue weighted by molar-refractivity contribution is 7.80. The van der Waals surface area contributed by atoms with E-state index in [0.717, 1.165) is 22.8 Å². The SMILES string of the molecule is Cc1ccc(N2C(=S)N[C@@H](c3ccccn3)[C@H]2c2cccn2-c2ccncc2)cc1. The second-order valence-corrected chi connectivity index (χ2v) is 7.73. The van der Waals surface area contributed by atoms with E-state index in [1.165, 1.54) is 5.56 Å². The van der Waals surface area contributed by atoms with Crippen molar-refractivity contribution in [3.05, 3.63) is 108 Å². The van der Waals surface area contributed by atoms with Crippen LogP contribution in [0.15, 0.2) is 91.5 Å². The fourth-order valence-corrected chi connectivity index (χ4v) is 4.36. The molecular weight excluding hydrogens is 390 g/mol. The van der Waals surface area contributed by atoms with Gasteiger partial charge in [-0.1, -0.05) is 23.8 Å². The minimum absolute atomic E-state index is 0.0572. The van der Waals surface area contributed by atoms with Crippen molar-refractivity contribution in [2.24, 2.45) is 0 Å². The summed E-state index contributed by atoms with van der Waals surface area (Å²) in [6, 6.07) is 22.6. The molecule has 148 valence electrons. The molecule has 0 radical (unpaired) electrons. The minimum Gasteiger partial charge on any atom is -0.351 e. The van der Waals surface area contributed by atoms with E-state index in [4.69, 9.17) is 12.2 Å². The number of hydrogen-bond acceptors (Lipinski definition) is 3. The van der Waals surface area contributed by atoms with Gasteiger partial charge in [0, 0.05) is 41.9 Å². The van der Waals surface area contributed by atoms with Crippen molar-refractivity contribution in [1.29, 1.82) is 0 Å². The van der Waals surface area contributed by atoms with Gasteiger partial charge in [0.1, 0.15) is 6.04 Å². The number of pyridine rings is 2. The molecule has 1 aliphatic rings. The van der Waals surface area contributed by atoms with E-state index in [1.54, 1.807) is 0 Å². The summed E-state index contributed by atoms with van der Waals surface area (Å²) in [6.45, 7) is 2.09. The van der Waals surface area contributed by atoms with Crippen LogP contribution in [0.5, 0.6) is 0 Å². The van der Waals surface area contributed by atoms with Crippen molar-refractivity contribution < 1.29 is 0 Å². The molecule has 1 N–H and O–H groups in total. The largest absolute Gasteiger partial charge is 0.351 e. The van der Waals surface area contributed by atoms with Crippen LogP contribution in [0.1, 0.15) is 29.0 Å². The van der Waals surface area contributed by atoms with Gasteiger partial charge in [-0.25, -0.2) is 0 Å². The predicted octanol–water partition coefficient (Wildman–Crippen LogP) is 4.75. The van der Waals surface area contributed by atoms with E-state index < -0.39 is 0 Å². The van der Waals surface area contributed by atoms with Gasteiger partial charge in [0.15, 0.2) is 5.11 Å². The molecule has 0 aliphatic carbocycles. The standard InChI is InChI=1S/C24H21N5S/c1-17-7-9-19(10-8-17)29-23(22(27-24(29)30)20-5-2-3-13-26-20)21-6-4-16-28(21)18-11-14-25-15-12-18/h2-16,22-23H,1H3,(H,27,30)/t22-,23+/m0/s1. The molecule has 0 spiro atoms. The van der Waals surface area contributed by atoms with Crippen LogP contribution in [0.25, 0.3) is 5.69 Å². The molecule has 5 rings (SSSR count). The van der Waals surface area contributed by atoms with Crippen LogP contribution in [-0.2, 0) is 0 Å². The molecule has 4 heterocycles. The van der Waals surface area contributed by atoms with E-state index in [-0.39, 0.29) is 12.1 Å². The number of rotatable bonds is 4. The smallest absolute Gasteiger partial charge is 0.174 e. The number of nitrogens with zero attached hydrogens (tertiary/aromatic N) is 4. The molecule has 0 bridgehead atoms. The fraction of sp³-hybridized carbons (Fsp3) is 0.125. The van der Waals surface area contributed by atoms with Crippen LogP contribution in [0, 0.1) is 6.92 Å². The summed E-state index contributed by atoms with van der Waals surface area (Å²) in [4.78, 5) is 11.0. The third kappa shape index (κ3) is 3.25. The Morgan fingerprint density at radius 1 is 0.867 bits per heavy atom. The first-order chi connectivity index (χ1) is 14.7. The second-order valence-electron chi connectivity index (χ2n) is 7.34. The molecule has 30 heavy (non-hydrogen) atoms. The van der Waals surface area contributed by atoms with Crippen molar-refractivity contribution in [2.45, 2.75) is 19.0 Å². The lowest BCUT2D eigenvalue weighted by Crippen LogP contribution is -2.30. The molecule has 0 amide bonds. The Bertz CT molecular complexity index is 1160. The summed E-state index contributed by atoms with van der Waals surface area (Å²) in [5, 5.41) is 4.22. The van der Waals surface area contributed by atoms with Crippen LogP contribution in [0.4, 0.5) is 5.69 Å². The van der Waals surface area contributed by atoms with Crippen molar-refractivity contribution in [3.63, 3.8) is 0 Å². The summed E-state index contributed by atoms with van der Waals surface area (Å²) in [5.41, 5.74) is 5.43. The molecule has 6 heteroatoms. The number of hydrogen-bond donors (Lipinski definition) is 1. The number of benzene rings is 1. The van der Waals surface area contributed by atoms with Crippen LogP contribution in [-0.4, -0.2) is 19.6 Å². The first kappa shape index (κ1) is 18.5. The molecule has 0 saturated carbocycles. The third-order valence-corrected chi connectivity index (χ3v) is 5.75. The number of nitrogens with one attached hydrogen (secondary N) is 1. The predicted molar refractivity (Wildman–Crippen MR) is 123 cm³/mol. The molecule has 1 aliphatic heterocycles. The Kier molecular flexibility index (Phi) is 4.77. The van der Waals surface area contributed by atoms with Gasteiger partial charge in [0.25, 0.3) is 0 Å². The summed E-state index contributed by atoms with van der Waals surface area (Å²) >= 11 is 5.81. The van der Waals surface area contributed by atoms with Crippen LogP contribution >= 0.6 is 12.2 Å². The monoisotopic (exact) mass is 411 g/mol. The van der Waals surface area contributed by atoms with Gasteiger partial charge >= 0.3 is 0 Å². The highest BCUT2D eigenvalue weighted by Crippen LogP contribution is 2.42. The summed E-state index contributed by atoms with van der Waals surface area (Å²) in [7, 11) is 0. The molecule has 1 aromatic carbocycles. The van der Waals surface area contributed by atoms with Gasteiger partial charge in [-0.2, -0.15) is 0 Å². The van der Waals surface area contributed by atoms with Crippen molar-refractivity contribution in [3.8, 4) is 5.69 Å². The van der Waals surface area contributed by atoms with Gasteiger partial charge in [-0.05, 0) is 67.7 Å². The first-order valence-electron chi connectivity index (χ1n) is 9.87. The number of thiocarbonyl (C=S) groups is 1. The Morgan fingerprint density at radius 2 is 1.67 bits per heavy atom. The molecule has 0 unspecified atom stereocenters. The van der Waals surface area contributed by atoms with E-state index in [0.29, 0.717) is 5.11 Å². The van der Waals surface area contributed by atoms with Gasteiger partial charge in [0.2, 0.25) is 0 Å². The average Bonchev–Trinajstić information content (AvgIpc) is 3.40. The van der Waals surface area contributed by atoms with Gasteiger partial charge in [-0.15, -0.1) is 0 Å². The van der Waals surface area contributed by atoms with Crippen LogP contribution < -0.4 is 10.2 Å². The van der Waals surface area contributed by atoms with E-state index >= 15 is 0 Å². The normalized spacial score (nSPS) is 18.4. The van der Waals surface area contributed by atoms with E-state index in [2.05, 4.69) is 74.3 Å².